The fourth-order valence-corrected chi connectivity index (χ4v) is 2.14. The summed E-state index contributed by atoms with van der Waals surface area (Å²) < 4.78 is 13.6. The molecule has 56 valence electrons. The van der Waals surface area contributed by atoms with Crippen LogP contribution in [0.1, 0.15) is 0 Å². The number of rotatable bonds is 0. The molecule has 0 aliphatic rings. The van der Waals surface area contributed by atoms with Gasteiger partial charge in [0.15, 0.2) is 0 Å². The minimum atomic E-state index is -0.277. The molecule has 0 radical (unpaired) electrons. The van der Waals surface area contributed by atoms with Crippen molar-refractivity contribution >= 4 is 33.0 Å². The summed E-state index contributed by atoms with van der Waals surface area (Å²) in [4.78, 5) is 0. The number of fused-ring (bicyclic) bond motifs is 1. The second-order valence-corrected chi connectivity index (χ2v) is 3.55. The van der Waals surface area contributed by atoms with Crippen LogP contribution in [0.5, 0.6) is 0 Å². The van der Waals surface area contributed by atoms with Crippen LogP contribution in [-0.4, -0.2) is 0 Å². The fourth-order valence-electron chi connectivity index (χ4n) is 1.00. The van der Waals surface area contributed by atoms with E-state index in [-0.39, 0.29) is 5.82 Å². The second-order valence-electron chi connectivity index (χ2n) is 2.23. The number of benzene rings is 1. The van der Waals surface area contributed by atoms with Gasteiger partial charge >= 0.3 is 0 Å². The molecule has 0 saturated heterocycles. The Morgan fingerprint density at radius 2 is 2.18 bits per heavy atom. The maximum absolute atomic E-state index is 12.7. The average molecular weight is 187 g/mol. The highest BCUT2D eigenvalue weighted by molar-refractivity contribution is 7.17. The van der Waals surface area contributed by atoms with Gasteiger partial charge in [0.25, 0.3) is 0 Å². The molecule has 0 aliphatic carbocycles. The van der Waals surface area contributed by atoms with Crippen LogP contribution in [0, 0.1) is 5.82 Å². The standard InChI is InChI=1S/C8H4ClFS/c9-7-4-6(10)3-5-1-2-11-8(5)7/h1-4H. The zero-order chi connectivity index (χ0) is 7.84. The van der Waals surface area contributed by atoms with Gasteiger partial charge in [0.1, 0.15) is 5.82 Å². The molecule has 0 bridgehead atoms. The van der Waals surface area contributed by atoms with Crippen molar-refractivity contribution in [2.24, 2.45) is 0 Å². The summed E-state index contributed by atoms with van der Waals surface area (Å²) in [5.41, 5.74) is 0. The van der Waals surface area contributed by atoms with Crippen molar-refractivity contribution < 1.29 is 4.39 Å². The highest BCUT2D eigenvalue weighted by Gasteiger charge is 2.01. The van der Waals surface area contributed by atoms with Crippen LogP contribution in [0.2, 0.25) is 5.02 Å². The van der Waals surface area contributed by atoms with Crippen molar-refractivity contribution in [1.29, 1.82) is 0 Å². The molecular weight excluding hydrogens is 183 g/mol. The summed E-state index contributed by atoms with van der Waals surface area (Å²) in [6.45, 7) is 0. The van der Waals surface area contributed by atoms with E-state index in [2.05, 4.69) is 0 Å². The molecule has 11 heavy (non-hydrogen) atoms. The van der Waals surface area contributed by atoms with Gasteiger partial charge in [0, 0.05) is 0 Å². The molecule has 0 spiro atoms. The van der Waals surface area contributed by atoms with E-state index in [1.165, 1.54) is 23.5 Å². The predicted molar refractivity (Wildman–Crippen MR) is 46.8 cm³/mol. The first-order chi connectivity index (χ1) is 5.27. The summed E-state index contributed by atoms with van der Waals surface area (Å²) in [6, 6.07) is 4.67. The zero-order valence-corrected chi connectivity index (χ0v) is 7.05. The zero-order valence-electron chi connectivity index (χ0n) is 5.47. The van der Waals surface area contributed by atoms with Crippen LogP contribution in [0.3, 0.4) is 0 Å². The molecule has 1 aromatic carbocycles. The lowest BCUT2D eigenvalue weighted by Gasteiger charge is -1.92. The summed E-state index contributed by atoms with van der Waals surface area (Å²) in [7, 11) is 0. The second kappa shape index (κ2) is 2.47. The van der Waals surface area contributed by atoms with Crippen LogP contribution < -0.4 is 0 Å². The van der Waals surface area contributed by atoms with E-state index in [1.54, 1.807) is 0 Å². The van der Waals surface area contributed by atoms with Crippen molar-refractivity contribution in [2.45, 2.75) is 0 Å². The molecule has 0 unspecified atom stereocenters. The molecule has 1 heterocycles. The maximum Gasteiger partial charge on any atom is 0.125 e. The Kier molecular flexibility index (Phi) is 1.59. The highest BCUT2D eigenvalue weighted by Crippen LogP contribution is 2.29. The lowest BCUT2D eigenvalue weighted by Crippen LogP contribution is -1.72. The van der Waals surface area contributed by atoms with Crippen molar-refractivity contribution in [1.82, 2.24) is 0 Å². The lowest BCUT2D eigenvalue weighted by molar-refractivity contribution is 0.630. The summed E-state index contributed by atoms with van der Waals surface area (Å²) in [5, 5.41) is 3.27. The van der Waals surface area contributed by atoms with Crippen LogP contribution in [0.15, 0.2) is 23.6 Å². The predicted octanol–water partition coefficient (Wildman–Crippen LogP) is 3.69. The fraction of sp³-hybridized carbons (Fsp3) is 0. The molecule has 0 atom stereocenters. The highest BCUT2D eigenvalue weighted by atomic mass is 35.5. The number of thiophene rings is 1. The van der Waals surface area contributed by atoms with Gasteiger partial charge in [-0.25, -0.2) is 4.39 Å². The van der Waals surface area contributed by atoms with E-state index in [1.807, 2.05) is 11.4 Å². The minimum absolute atomic E-state index is 0.277. The molecule has 0 fully saturated rings. The Balaban J connectivity index is 2.91. The van der Waals surface area contributed by atoms with E-state index in [4.69, 9.17) is 11.6 Å². The molecule has 0 aliphatic heterocycles. The van der Waals surface area contributed by atoms with Crippen molar-refractivity contribution in [3.05, 3.63) is 34.4 Å². The van der Waals surface area contributed by atoms with E-state index >= 15 is 0 Å². The van der Waals surface area contributed by atoms with Gasteiger partial charge in [-0.1, -0.05) is 11.6 Å². The topological polar surface area (TPSA) is 0 Å². The first kappa shape index (κ1) is 7.07. The van der Waals surface area contributed by atoms with E-state index < -0.39 is 0 Å². The van der Waals surface area contributed by atoms with Gasteiger partial charge in [0.2, 0.25) is 0 Å². The third-order valence-electron chi connectivity index (χ3n) is 1.47. The Bertz CT molecular complexity index is 394. The minimum Gasteiger partial charge on any atom is -0.207 e. The van der Waals surface area contributed by atoms with Crippen LogP contribution in [0.4, 0.5) is 4.39 Å². The molecule has 0 nitrogen and oxygen atoms in total. The first-order valence-electron chi connectivity index (χ1n) is 3.09. The Morgan fingerprint density at radius 3 is 3.00 bits per heavy atom. The van der Waals surface area contributed by atoms with Crippen molar-refractivity contribution in [3.63, 3.8) is 0 Å². The van der Waals surface area contributed by atoms with Crippen LogP contribution in [-0.2, 0) is 0 Å². The van der Waals surface area contributed by atoms with Crippen molar-refractivity contribution in [3.8, 4) is 0 Å². The normalized spacial score (nSPS) is 10.7. The monoisotopic (exact) mass is 186 g/mol. The number of halogens is 2. The quantitative estimate of drug-likeness (QED) is 0.589. The van der Waals surface area contributed by atoms with Gasteiger partial charge in [-0.3, -0.25) is 0 Å². The molecule has 0 N–H and O–H groups in total. The van der Waals surface area contributed by atoms with E-state index in [9.17, 15) is 4.39 Å². The largest absolute Gasteiger partial charge is 0.207 e. The molecule has 2 aromatic rings. The SMILES string of the molecule is Fc1cc(Cl)c2sccc2c1. The van der Waals surface area contributed by atoms with Crippen LogP contribution >= 0.6 is 22.9 Å². The smallest absolute Gasteiger partial charge is 0.125 e. The van der Waals surface area contributed by atoms with E-state index in [0.29, 0.717) is 5.02 Å². The molecule has 2 rings (SSSR count). The number of hydrogen-bond donors (Lipinski definition) is 0. The van der Waals surface area contributed by atoms with E-state index in [0.717, 1.165) is 10.1 Å². The average Bonchev–Trinajstić information content (AvgIpc) is 2.34. The summed E-state index contributed by atoms with van der Waals surface area (Å²) >= 11 is 7.30. The van der Waals surface area contributed by atoms with Crippen molar-refractivity contribution in [2.75, 3.05) is 0 Å². The molecule has 0 saturated carbocycles. The summed E-state index contributed by atoms with van der Waals surface area (Å²) in [5.74, 6) is -0.277. The lowest BCUT2D eigenvalue weighted by atomic mass is 10.2. The third kappa shape index (κ3) is 1.12. The molecule has 0 amide bonds. The van der Waals surface area contributed by atoms with Gasteiger partial charge in [-0.15, -0.1) is 11.3 Å². The maximum atomic E-state index is 12.7. The number of hydrogen-bond acceptors (Lipinski definition) is 1. The van der Waals surface area contributed by atoms with Gasteiger partial charge < -0.3 is 0 Å². The van der Waals surface area contributed by atoms with Gasteiger partial charge in [0.05, 0.1) is 9.72 Å². The third-order valence-corrected chi connectivity index (χ3v) is 2.84. The molecular formula is C8H4ClFS. The molecule has 3 heteroatoms. The molecule has 1 aromatic heterocycles. The first-order valence-corrected chi connectivity index (χ1v) is 4.35. The summed E-state index contributed by atoms with van der Waals surface area (Å²) in [6.07, 6.45) is 0. The van der Waals surface area contributed by atoms with Gasteiger partial charge in [-0.05, 0) is 29.0 Å². The van der Waals surface area contributed by atoms with Crippen LogP contribution in [0.25, 0.3) is 10.1 Å². The Morgan fingerprint density at radius 1 is 1.36 bits per heavy atom. The Labute approximate surface area is 72.2 Å². The van der Waals surface area contributed by atoms with Gasteiger partial charge in [-0.2, -0.15) is 0 Å². The Hall–Kier alpha value is -0.600.